The van der Waals surface area contributed by atoms with Crippen LogP contribution in [0.25, 0.3) is 0 Å². The van der Waals surface area contributed by atoms with Gasteiger partial charge in [0, 0.05) is 11.5 Å². The molecule has 4 nitrogen and oxygen atoms in total. The van der Waals surface area contributed by atoms with Crippen molar-refractivity contribution in [2.24, 2.45) is 0 Å². The molecular weight excluding hydrogens is 192 g/mol. The summed E-state index contributed by atoms with van der Waals surface area (Å²) in [5, 5.41) is 5.28. The molecule has 0 aliphatic rings. The Hall–Kier alpha value is -1.03. The number of nitrogens with zero attached hydrogens (tertiary/aromatic N) is 1. The van der Waals surface area contributed by atoms with Crippen LogP contribution in [-0.2, 0) is 5.41 Å². The van der Waals surface area contributed by atoms with E-state index in [9.17, 15) is 4.79 Å². The molecule has 1 aromatic rings. The van der Waals surface area contributed by atoms with Crippen LogP contribution < -0.4 is 5.32 Å². The van der Waals surface area contributed by atoms with Crippen molar-refractivity contribution in [3.63, 3.8) is 0 Å². The maximum absolute atomic E-state index is 10.4. The van der Waals surface area contributed by atoms with Gasteiger partial charge in [0.25, 0.3) is 0 Å². The van der Waals surface area contributed by atoms with Crippen LogP contribution in [0.1, 0.15) is 26.5 Å². The summed E-state index contributed by atoms with van der Waals surface area (Å²) in [4.78, 5) is 10.4. The maximum atomic E-state index is 10.4. The van der Waals surface area contributed by atoms with E-state index in [1.165, 1.54) is 0 Å². The molecule has 0 spiro atoms. The first-order valence-electron chi connectivity index (χ1n) is 3.83. The van der Waals surface area contributed by atoms with E-state index in [2.05, 4.69) is 10.5 Å². The summed E-state index contributed by atoms with van der Waals surface area (Å²) in [7, 11) is 0. The Kier molecular flexibility index (Phi) is 2.61. The molecule has 1 rings (SSSR count). The maximum Gasteiger partial charge on any atom is 0.319 e. The van der Waals surface area contributed by atoms with Gasteiger partial charge in [0.15, 0.2) is 5.82 Å². The molecule has 0 atom stereocenters. The average molecular weight is 203 g/mol. The lowest BCUT2D eigenvalue weighted by atomic mass is 9.93. The molecule has 1 N–H and O–H groups in total. The first-order valence-corrected chi connectivity index (χ1v) is 4.21. The Bertz CT molecular complexity index is 314. The standard InChI is InChI=1S/C8H11ClN2O2/c1-8(2,3)5-4-6(11-13-5)10-7(9)12/h4H,1-3H3,(H,10,11,12). The number of hydrogen-bond acceptors (Lipinski definition) is 3. The van der Waals surface area contributed by atoms with Gasteiger partial charge in [-0.05, 0) is 11.6 Å². The van der Waals surface area contributed by atoms with E-state index in [0.717, 1.165) is 0 Å². The van der Waals surface area contributed by atoms with E-state index in [1.54, 1.807) is 6.07 Å². The van der Waals surface area contributed by atoms with Gasteiger partial charge in [-0.3, -0.25) is 10.1 Å². The lowest BCUT2D eigenvalue weighted by molar-refractivity contribution is 0.268. The van der Waals surface area contributed by atoms with Gasteiger partial charge in [0.2, 0.25) is 0 Å². The number of rotatable bonds is 1. The number of nitrogens with one attached hydrogen (secondary N) is 1. The third kappa shape index (κ3) is 2.73. The normalized spacial score (nSPS) is 11.4. The van der Waals surface area contributed by atoms with Crippen LogP contribution in [0.5, 0.6) is 0 Å². The smallest absolute Gasteiger partial charge is 0.319 e. The van der Waals surface area contributed by atoms with Crippen molar-refractivity contribution in [2.75, 3.05) is 5.32 Å². The van der Waals surface area contributed by atoms with Crippen molar-refractivity contribution in [1.82, 2.24) is 5.16 Å². The summed E-state index contributed by atoms with van der Waals surface area (Å²) < 4.78 is 5.01. The molecule has 0 aliphatic carbocycles. The zero-order valence-corrected chi connectivity index (χ0v) is 8.47. The molecule has 1 heterocycles. The van der Waals surface area contributed by atoms with Crippen LogP contribution >= 0.6 is 11.6 Å². The van der Waals surface area contributed by atoms with Gasteiger partial charge in [-0.15, -0.1) is 0 Å². The summed E-state index contributed by atoms with van der Waals surface area (Å²) in [5.74, 6) is 1.04. The highest BCUT2D eigenvalue weighted by Crippen LogP contribution is 2.24. The summed E-state index contributed by atoms with van der Waals surface area (Å²) in [6, 6.07) is 1.65. The van der Waals surface area contributed by atoms with Crippen molar-refractivity contribution in [3.05, 3.63) is 11.8 Å². The molecular formula is C8H11ClN2O2. The van der Waals surface area contributed by atoms with E-state index in [-0.39, 0.29) is 5.41 Å². The van der Waals surface area contributed by atoms with Crippen LogP contribution in [-0.4, -0.2) is 10.5 Å². The largest absolute Gasteiger partial charge is 0.359 e. The molecule has 0 fully saturated rings. The molecule has 0 saturated heterocycles. The second-order valence-corrected chi connectivity index (χ2v) is 4.07. The quantitative estimate of drug-likeness (QED) is 0.563. The van der Waals surface area contributed by atoms with E-state index in [1.807, 2.05) is 20.8 Å². The van der Waals surface area contributed by atoms with Crippen LogP contribution in [0.2, 0.25) is 0 Å². The minimum Gasteiger partial charge on any atom is -0.359 e. The van der Waals surface area contributed by atoms with Crippen LogP contribution in [0.3, 0.4) is 0 Å². The summed E-state index contributed by atoms with van der Waals surface area (Å²) in [5.41, 5.74) is -0.123. The zero-order chi connectivity index (χ0) is 10.1. The molecule has 72 valence electrons. The summed E-state index contributed by atoms with van der Waals surface area (Å²) in [6.07, 6.45) is 0. The van der Waals surface area contributed by atoms with Crippen molar-refractivity contribution in [1.29, 1.82) is 0 Å². The minimum atomic E-state index is -0.672. The highest BCUT2D eigenvalue weighted by molar-refractivity contribution is 6.65. The summed E-state index contributed by atoms with van der Waals surface area (Å²) >= 11 is 5.10. The Morgan fingerprint density at radius 1 is 1.62 bits per heavy atom. The van der Waals surface area contributed by atoms with Gasteiger partial charge in [0.1, 0.15) is 5.76 Å². The third-order valence-electron chi connectivity index (χ3n) is 1.48. The highest BCUT2D eigenvalue weighted by atomic mass is 35.5. The van der Waals surface area contributed by atoms with E-state index >= 15 is 0 Å². The molecule has 5 heteroatoms. The number of aromatic nitrogens is 1. The number of anilines is 1. The SMILES string of the molecule is CC(C)(C)c1cc(NC(=O)Cl)no1. The number of amides is 1. The van der Waals surface area contributed by atoms with Gasteiger partial charge in [0.05, 0.1) is 0 Å². The molecule has 0 unspecified atom stereocenters. The predicted molar refractivity (Wildman–Crippen MR) is 50.1 cm³/mol. The van der Waals surface area contributed by atoms with Crippen molar-refractivity contribution < 1.29 is 9.32 Å². The Balaban J connectivity index is 2.81. The predicted octanol–water partition coefficient (Wildman–Crippen LogP) is 2.74. The fraction of sp³-hybridized carbons (Fsp3) is 0.500. The molecule has 0 aromatic carbocycles. The van der Waals surface area contributed by atoms with Gasteiger partial charge in [-0.25, -0.2) is 0 Å². The van der Waals surface area contributed by atoms with Crippen LogP contribution in [0.15, 0.2) is 10.6 Å². The second-order valence-electron chi connectivity index (χ2n) is 3.73. The average Bonchev–Trinajstić information content (AvgIpc) is 2.32. The Labute approximate surface area is 81.2 Å². The summed E-state index contributed by atoms with van der Waals surface area (Å²) in [6.45, 7) is 5.96. The molecule has 0 radical (unpaired) electrons. The third-order valence-corrected chi connectivity index (χ3v) is 1.57. The molecule has 1 amide bonds. The van der Waals surface area contributed by atoms with Gasteiger partial charge in [-0.2, -0.15) is 0 Å². The minimum absolute atomic E-state index is 0.123. The van der Waals surface area contributed by atoms with Crippen molar-refractivity contribution >= 4 is 22.8 Å². The lowest BCUT2D eigenvalue weighted by Gasteiger charge is -2.11. The molecule has 13 heavy (non-hydrogen) atoms. The van der Waals surface area contributed by atoms with Crippen LogP contribution in [0, 0.1) is 0 Å². The van der Waals surface area contributed by atoms with Gasteiger partial charge in [-0.1, -0.05) is 25.9 Å². The molecule has 0 saturated carbocycles. The van der Waals surface area contributed by atoms with Crippen molar-refractivity contribution in [3.8, 4) is 0 Å². The highest BCUT2D eigenvalue weighted by Gasteiger charge is 2.19. The van der Waals surface area contributed by atoms with Crippen LogP contribution in [0.4, 0.5) is 10.6 Å². The number of carbonyl (C=O) groups excluding carboxylic acids is 1. The fourth-order valence-electron chi connectivity index (χ4n) is 0.788. The van der Waals surface area contributed by atoms with E-state index in [4.69, 9.17) is 16.1 Å². The zero-order valence-electron chi connectivity index (χ0n) is 7.72. The molecule has 0 bridgehead atoms. The van der Waals surface area contributed by atoms with Crippen molar-refractivity contribution in [2.45, 2.75) is 26.2 Å². The van der Waals surface area contributed by atoms with E-state index < -0.39 is 5.37 Å². The molecule has 1 aromatic heterocycles. The number of halogens is 1. The second kappa shape index (κ2) is 3.38. The molecule has 0 aliphatic heterocycles. The topological polar surface area (TPSA) is 55.1 Å². The first-order chi connectivity index (χ1) is 5.89. The fourth-order valence-corrected chi connectivity index (χ4v) is 0.885. The monoisotopic (exact) mass is 202 g/mol. The number of hydrogen-bond donors (Lipinski definition) is 1. The van der Waals surface area contributed by atoms with Gasteiger partial charge < -0.3 is 4.52 Å². The first kappa shape index (κ1) is 10.1. The lowest BCUT2D eigenvalue weighted by Crippen LogP contribution is -2.09. The Morgan fingerprint density at radius 3 is 2.62 bits per heavy atom. The van der Waals surface area contributed by atoms with E-state index in [0.29, 0.717) is 11.6 Å². The Morgan fingerprint density at radius 2 is 2.23 bits per heavy atom. The number of carbonyl (C=O) groups is 1. The van der Waals surface area contributed by atoms with Gasteiger partial charge >= 0.3 is 5.37 Å².